The summed E-state index contributed by atoms with van der Waals surface area (Å²) in [4.78, 5) is 24.3. The van der Waals surface area contributed by atoms with Crippen LogP contribution in [0.4, 0.5) is 0 Å². The minimum atomic E-state index is -0.732. The van der Waals surface area contributed by atoms with E-state index in [9.17, 15) is 9.59 Å². The molecule has 1 atom stereocenters. The molecule has 5 heteroatoms. The number of ether oxygens (including phenoxy) is 1. The first-order valence-corrected chi connectivity index (χ1v) is 8.41. The molecule has 0 aliphatic rings. The molecule has 4 nitrogen and oxygen atoms in total. The van der Waals surface area contributed by atoms with Crippen LogP contribution in [0.25, 0.3) is 6.08 Å². The van der Waals surface area contributed by atoms with Gasteiger partial charge in [-0.1, -0.05) is 54.1 Å². The van der Waals surface area contributed by atoms with Crippen LogP contribution in [0.1, 0.15) is 18.1 Å². The van der Waals surface area contributed by atoms with Crippen LogP contribution >= 0.6 is 11.6 Å². The standard InChI is InChI=1S/C20H20ClNO3/c1-2-25-20(24)18(14-16-6-4-3-5-7-16)22-19(23)13-10-15-8-11-17(21)12-9-15/h3-13,18H,2,14H2,1H3,(H,22,23)/b13-10+/t18-/m0/s1. The highest BCUT2D eigenvalue weighted by Gasteiger charge is 2.21. The Bertz CT molecular complexity index is 726. The number of hydrogen-bond acceptors (Lipinski definition) is 3. The third kappa shape index (κ3) is 6.43. The van der Waals surface area contributed by atoms with Gasteiger partial charge in [-0.2, -0.15) is 0 Å². The van der Waals surface area contributed by atoms with Gasteiger partial charge in [0, 0.05) is 17.5 Å². The molecule has 2 aromatic carbocycles. The zero-order valence-corrected chi connectivity index (χ0v) is 14.7. The number of carbonyl (C=O) groups is 2. The lowest BCUT2D eigenvalue weighted by Crippen LogP contribution is -2.42. The molecule has 0 fully saturated rings. The number of hydrogen-bond donors (Lipinski definition) is 1. The average molecular weight is 358 g/mol. The second-order valence-electron chi connectivity index (χ2n) is 5.39. The molecule has 0 bridgehead atoms. The molecule has 0 aliphatic heterocycles. The predicted molar refractivity (Wildman–Crippen MR) is 99.2 cm³/mol. The van der Waals surface area contributed by atoms with Crippen LogP contribution in [-0.4, -0.2) is 24.5 Å². The SMILES string of the molecule is CCOC(=O)[C@H](Cc1ccccc1)NC(=O)/C=C/c1ccc(Cl)cc1. The molecule has 0 aliphatic carbocycles. The summed E-state index contributed by atoms with van der Waals surface area (Å²) in [5.41, 5.74) is 1.79. The predicted octanol–water partition coefficient (Wildman–Crippen LogP) is 3.64. The van der Waals surface area contributed by atoms with E-state index >= 15 is 0 Å². The van der Waals surface area contributed by atoms with Crippen LogP contribution in [-0.2, 0) is 20.7 Å². The quantitative estimate of drug-likeness (QED) is 0.608. The van der Waals surface area contributed by atoms with Crippen LogP contribution in [0.3, 0.4) is 0 Å². The number of halogens is 1. The van der Waals surface area contributed by atoms with Crippen LogP contribution in [0.2, 0.25) is 5.02 Å². The highest BCUT2D eigenvalue weighted by Crippen LogP contribution is 2.10. The van der Waals surface area contributed by atoms with Crippen LogP contribution in [0.5, 0.6) is 0 Å². The third-order valence-electron chi connectivity index (χ3n) is 3.47. The fourth-order valence-corrected chi connectivity index (χ4v) is 2.38. The molecule has 1 amide bonds. The van der Waals surface area contributed by atoms with Crippen molar-refractivity contribution < 1.29 is 14.3 Å². The van der Waals surface area contributed by atoms with Gasteiger partial charge in [0.25, 0.3) is 0 Å². The molecule has 0 saturated carbocycles. The van der Waals surface area contributed by atoms with Crippen molar-refractivity contribution in [1.82, 2.24) is 5.32 Å². The van der Waals surface area contributed by atoms with Gasteiger partial charge in [-0.15, -0.1) is 0 Å². The summed E-state index contributed by atoms with van der Waals surface area (Å²) in [5, 5.41) is 3.34. The highest BCUT2D eigenvalue weighted by molar-refractivity contribution is 6.30. The van der Waals surface area contributed by atoms with Crippen LogP contribution in [0.15, 0.2) is 60.7 Å². The normalized spacial score (nSPS) is 11.9. The second-order valence-corrected chi connectivity index (χ2v) is 5.82. The monoisotopic (exact) mass is 357 g/mol. The molecular formula is C20H20ClNO3. The Balaban J connectivity index is 2.03. The zero-order chi connectivity index (χ0) is 18.1. The Labute approximate surface area is 152 Å². The molecule has 25 heavy (non-hydrogen) atoms. The van der Waals surface area contributed by atoms with Gasteiger partial charge >= 0.3 is 5.97 Å². The number of benzene rings is 2. The summed E-state index contributed by atoms with van der Waals surface area (Å²) < 4.78 is 5.06. The molecule has 0 aromatic heterocycles. The number of nitrogens with one attached hydrogen (secondary N) is 1. The van der Waals surface area contributed by atoms with Crippen LogP contribution < -0.4 is 5.32 Å². The maximum absolute atomic E-state index is 12.2. The van der Waals surface area contributed by atoms with Crippen molar-refractivity contribution >= 4 is 29.6 Å². The van der Waals surface area contributed by atoms with Gasteiger partial charge in [-0.25, -0.2) is 4.79 Å². The van der Waals surface area contributed by atoms with Gasteiger partial charge in [-0.3, -0.25) is 4.79 Å². The Morgan fingerprint density at radius 3 is 2.44 bits per heavy atom. The van der Waals surface area contributed by atoms with Crippen molar-refractivity contribution in [3.63, 3.8) is 0 Å². The largest absolute Gasteiger partial charge is 0.464 e. The maximum atomic E-state index is 12.2. The lowest BCUT2D eigenvalue weighted by molar-refractivity contribution is -0.146. The van der Waals surface area contributed by atoms with Crippen molar-refractivity contribution in [2.75, 3.05) is 6.61 Å². The average Bonchev–Trinajstić information content (AvgIpc) is 2.62. The third-order valence-corrected chi connectivity index (χ3v) is 3.72. The van der Waals surface area contributed by atoms with E-state index in [4.69, 9.17) is 16.3 Å². The Morgan fingerprint density at radius 1 is 1.12 bits per heavy atom. The summed E-state index contributed by atoms with van der Waals surface area (Å²) in [7, 11) is 0. The fraction of sp³-hybridized carbons (Fsp3) is 0.200. The molecule has 2 rings (SSSR count). The smallest absolute Gasteiger partial charge is 0.328 e. The van der Waals surface area contributed by atoms with Gasteiger partial charge in [0.2, 0.25) is 5.91 Å². The first-order chi connectivity index (χ1) is 12.1. The van der Waals surface area contributed by atoms with E-state index in [1.54, 1.807) is 37.3 Å². The Kier molecular flexibility index (Phi) is 7.23. The van der Waals surface area contributed by atoms with E-state index in [1.807, 2.05) is 30.3 Å². The van der Waals surface area contributed by atoms with Crippen molar-refractivity contribution in [3.8, 4) is 0 Å². The summed E-state index contributed by atoms with van der Waals surface area (Å²) in [5.74, 6) is -0.802. The minimum Gasteiger partial charge on any atom is -0.464 e. The zero-order valence-electron chi connectivity index (χ0n) is 13.9. The summed E-state index contributed by atoms with van der Waals surface area (Å²) >= 11 is 5.83. The van der Waals surface area contributed by atoms with E-state index < -0.39 is 12.0 Å². The molecule has 0 spiro atoms. The summed E-state index contributed by atoms with van der Waals surface area (Å²) in [6.45, 7) is 2.00. The molecule has 0 unspecified atom stereocenters. The lowest BCUT2D eigenvalue weighted by atomic mass is 10.1. The first kappa shape index (κ1) is 18.7. The number of esters is 1. The van der Waals surface area contributed by atoms with Gasteiger partial charge in [0.05, 0.1) is 6.61 Å². The Hall–Kier alpha value is -2.59. The summed E-state index contributed by atoms with van der Waals surface area (Å²) in [6, 6.07) is 15.9. The van der Waals surface area contributed by atoms with E-state index in [1.165, 1.54) is 6.08 Å². The molecule has 0 heterocycles. The minimum absolute atomic E-state index is 0.264. The molecule has 2 aromatic rings. The Morgan fingerprint density at radius 2 is 1.80 bits per heavy atom. The van der Waals surface area contributed by atoms with Crippen molar-refractivity contribution in [1.29, 1.82) is 0 Å². The van der Waals surface area contributed by atoms with E-state index in [2.05, 4.69) is 5.32 Å². The maximum Gasteiger partial charge on any atom is 0.328 e. The van der Waals surface area contributed by atoms with Gasteiger partial charge < -0.3 is 10.1 Å². The first-order valence-electron chi connectivity index (χ1n) is 8.03. The number of amides is 1. The van der Waals surface area contributed by atoms with E-state index in [0.717, 1.165) is 11.1 Å². The van der Waals surface area contributed by atoms with Crippen molar-refractivity contribution in [3.05, 3.63) is 76.8 Å². The topological polar surface area (TPSA) is 55.4 Å². The highest BCUT2D eigenvalue weighted by atomic mass is 35.5. The number of rotatable bonds is 7. The van der Waals surface area contributed by atoms with Gasteiger partial charge in [0.1, 0.15) is 6.04 Å². The van der Waals surface area contributed by atoms with Crippen molar-refractivity contribution in [2.45, 2.75) is 19.4 Å². The molecule has 0 radical (unpaired) electrons. The van der Waals surface area contributed by atoms with E-state index in [-0.39, 0.29) is 12.5 Å². The number of carbonyl (C=O) groups excluding carboxylic acids is 2. The molecule has 1 N–H and O–H groups in total. The van der Waals surface area contributed by atoms with Gasteiger partial charge in [0.15, 0.2) is 0 Å². The second kappa shape index (κ2) is 9.64. The molecule has 0 saturated heterocycles. The van der Waals surface area contributed by atoms with E-state index in [0.29, 0.717) is 11.4 Å². The summed E-state index contributed by atoms with van der Waals surface area (Å²) in [6.07, 6.45) is 3.43. The molecule has 130 valence electrons. The fourth-order valence-electron chi connectivity index (χ4n) is 2.25. The van der Waals surface area contributed by atoms with Crippen molar-refractivity contribution in [2.24, 2.45) is 0 Å². The van der Waals surface area contributed by atoms with Crippen LogP contribution in [0, 0.1) is 0 Å². The lowest BCUT2D eigenvalue weighted by Gasteiger charge is -2.16. The van der Waals surface area contributed by atoms with Gasteiger partial charge in [-0.05, 0) is 36.3 Å². The molecular weight excluding hydrogens is 338 g/mol.